The van der Waals surface area contributed by atoms with Crippen molar-refractivity contribution in [2.75, 3.05) is 0 Å². The van der Waals surface area contributed by atoms with E-state index >= 15 is 0 Å². The van der Waals surface area contributed by atoms with Crippen molar-refractivity contribution >= 4 is 5.97 Å². The van der Waals surface area contributed by atoms with E-state index in [1.807, 2.05) is 6.92 Å². The van der Waals surface area contributed by atoms with E-state index in [2.05, 4.69) is 0 Å². The van der Waals surface area contributed by atoms with Crippen LogP contribution in [0.4, 0.5) is 0 Å². The Morgan fingerprint density at radius 1 is 1.53 bits per heavy atom. The number of rotatable bonds is 3. The Labute approximate surface area is 100 Å². The highest BCUT2D eigenvalue weighted by Gasteiger charge is 2.42. The molecule has 2 N–H and O–H groups in total. The molecule has 1 aromatic heterocycles. The number of hydrogen-bond acceptors (Lipinski definition) is 3. The third-order valence-electron chi connectivity index (χ3n) is 3.77. The maximum absolute atomic E-state index is 10.8. The predicted octanol–water partition coefficient (Wildman–Crippen LogP) is 2.77. The van der Waals surface area contributed by atoms with E-state index in [0.29, 0.717) is 12.2 Å². The van der Waals surface area contributed by atoms with Crippen LogP contribution in [-0.2, 0) is 5.60 Å². The molecule has 0 aliphatic heterocycles. The van der Waals surface area contributed by atoms with Crippen LogP contribution < -0.4 is 0 Å². The second-order valence-electron chi connectivity index (χ2n) is 4.74. The Balaban J connectivity index is 2.31. The molecule has 1 aromatic rings. The van der Waals surface area contributed by atoms with Crippen LogP contribution in [0.15, 0.2) is 16.5 Å². The third-order valence-corrected chi connectivity index (χ3v) is 3.77. The lowest BCUT2D eigenvalue weighted by Gasteiger charge is -2.38. The van der Waals surface area contributed by atoms with Gasteiger partial charge in [-0.15, -0.1) is 0 Å². The molecule has 0 radical (unpaired) electrons. The molecular weight excluding hydrogens is 220 g/mol. The Morgan fingerprint density at radius 2 is 2.29 bits per heavy atom. The number of carboxylic acid groups (broad SMARTS) is 1. The molecule has 1 aliphatic rings. The number of carbonyl (C=O) groups is 1. The lowest BCUT2D eigenvalue weighted by Crippen LogP contribution is -2.37. The average Bonchev–Trinajstić information content (AvgIpc) is 2.79. The first-order valence-corrected chi connectivity index (χ1v) is 6.14. The van der Waals surface area contributed by atoms with E-state index in [4.69, 9.17) is 9.52 Å². The number of aromatic carboxylic acids is 1. The lowest BCUT2D eigenvalue weighted by molar-refractivity contribution is -0.0723. The van der Waals surface area contributed by atoms with Gasteiger partial charge in [0.05, 0.1) is 0 Å². The Hall–Kier alpha value is -1.29. The summed E-state index contributed by atoms with van der Waals surface area (Å²) in [5, 5.41) is 19.5. The molecule has 1 aliphatic carbocycles. The molecular formula is C13H18O4. The van der Waals surface area contributed by atoms with Gasteiger partial charge in [0, 0.05) is 0 Å². The summed E-state index contributed by atoms with van der Waals surface area (Å²) in [5.41, 5.74) is -0.985. The summed E-state index contributed by atoms with van der Waals surface area (Å²) in [6.45, 7) is 2.04. The monoisotopic (exact) mass is 238 g/mol. The molecule has 4 nitrogen and oxygen atoms in total. The standard InChI is InChI=1S/C13H18O4/c1-2-9-5-3-4-8-13(9,16)11-7-6-10(17-11)12(14)15/h6-7,9,16H,2-5,8H2,1H3,(H,14,15). The highest BCUT2D eigenvalue weighted by Crippen LogP contribution is 2.43. The minimum absolute atomic E-state index is 0.103. The van der Waals surface area contributed by atoms with Gasteiger partial charge in [-0.2, -0.15) is 0 Å². The van der Waals surface area contributed by atoms with Crippen LogP contribution in [0.2, 0.25) is 0 Å². The summed E-state index contributed by atoms with van der Waals surface area (Å²) in [5.74, 6) is -0.636. The van der Waals surface area contributed by atoms with Crippen molar-refractivity contribution in [3.63, 3.8) is 0 Å². The zero-order chi connectivity index (χ0) is 12.5. The van der Waals surface area contributed by atoms with Crippen molar-refractivity contribution in [3.05, 3.63) is 23.7 Å². The minimum atomic E-state index is -1.09. The van der Waals surface area contributed by atoms with Crippen LogP contribution in [0.25, 0.3) is 0 Å². The number of carboxylic acids is 1. The largest absolute Gasteiger partial charge is 0.475 e. The van der Waals surface area contributed by atoms with E-state index < -0.39 is 11.6 Å². The van der Waals surface area contributed by atoms with Crippen molar-refractivity contribution in [2.45, 2.75) is 44.6 Å². The van der Waals surface area contributed by atoms with Gasteiger partial charge in [-0.3, -0.25) is 0 Å². The van der Waals surface area contributed by atoms with Gasteiger partial charge in [0.25, 0.3) is 0 Å². The first kappa shape index (κ1) is 12.2. The second kappa shape index (κ2) is 4.53. The van der Waals surface area contributed by atoms with E-state index in [1.54, 1.807) is 6.07 Å². The fourth-order valence-electron chi connectivity index (χ4n) is 2.78. The van der Waals surface area contributed by atoms with Crippen molar-refractivity contribution in [1.29, 1.82) is 0 Å². The highest BCUT2D eigenvalue weighted by atomic mass is 16.4. The molecule has 0 spiro atoms. The van der Waals surface area contributed by atoms with E-state index in [1.165, 1.54) is 6.07 Å². The number of hydrogen-bond donors (Lipinski definition) is 2. The lowest BCUT2D eigenvalue weighted by atomic mass is 9.73. The highest BCUT2D eigenvalue weighted by molar-refractivity contribution is 5.84. The van der Waals surface area contributed by atoms with Crippen LogP contribution in [0, 0.1) is 5.92 Å². The first-order valence-electron chi connectivity index (χ1n) is 6.14. The Morgan fingerprint density at radius 3 is 2.88 bits per heavy atom. The number of furan rings is 1. The zero-order valence-electron chi connectivity index (χ0n) is 9.98. The van der Waals surface area contributed by atoms with Crippen molar-refractivity contribution in [3.8, 4) is 0 Å². The van der Waals surface area contributed by atoms with Gasteiger partial charge in [0.2, 0.25) is 5.76 Å². The molecule has 2 unspecified atom stereocenters. The smallest absolute Gasteiger partial charge is 0.371 e. The van der Waals surface area contributed by atoms with Crippen molar-refractivity contribution < 1.29 is 19.4 Å². The molecule has 0 aromatic carbocycles. The Bertz CT molecular complexity index is 409. The maximum Gasteiger partial charge on any atom is 0.371 e. The molecule has 0 saturated heterocycles. The molecule has 0 amide bonds. The SMILES string of the molecule is CCC1CCCCC1(O)c1ccc(C(=O)O)o1. The normalized spacial score (nSPS) is 29.2. The predicted molar refractivity (Wildman–Crippen MR) is 61.8 cm³/mol. The summed E-state index contributed by atoms with van der Waals surface area (Å²) in [4.78, 5) is 10.8. The van der Waals surface area contributed by atoms with Crippen LogP contribution >= 0.6 is 0 Å². The van der Waals surface area contributed by atoms with Gasteiger partial charge in [-0.25, -0.2) is 4.79 Å². The fraction of sp³-hybridized carbons (Fsp3) is 0.615. The molecule has 1 fully saturated rings. The quantitative estimate of drug-likeness (QED) is 0.849. The summed E-state index contributed by atoms with van der Waals surface area (Å²) in [6.07, 6.45) is 4.57. The summed E-state index contributed by atoms with van der Waals surface area (Å²) >= 11 is 0. The second-order valence-corrected chi connectivity index (χ2v) is 4.74. The van der Waals surface area contributed by atoms with Crippen LogP contribution in [0.3, 0.4) is 0 Å². The third kappa shape index (κ3) is 2.09. The molecule has 1 heterocycles. The average molecular weight is 238 g/mol. The fourth-order valence-corrected chi connectivity index (χ4v) is 2.78. The van der Waals surface area contributed by atoms with E-state index in [-0.39, 0.29) is 11.7 Å². The summed E-state index contributed by atoms with van der Waals surface area (Å²) in [7, 11) is 0. The molecule has 4 heteroatoms. The van der Waals surface area contributed by atoms with Gasteiger partial charge < -0.3 is 14.6 Å². The molecule has 17 heavy (non-hydrogen) atoms. The molecule has 2 rings (SSSR count). The van der Waals surface area contributed by atoms with Gasteiger partial charge in [-0.05, 0) is 30.9 Å². The van der Waals surface area contributed by atoms with Crippen LogP contribution in [-0.4, -0.2) is 16.2 Å². The van der Waals surface area contributed by atoms with Crippen molar-refractivity contribution in [2.24, 2.45) is 5.92 Å². The topological polar surface area (TPSA) is 70.7 Å². The zero-order valence-corrected chi connectivity index (χ0v) is 9.98. The summed E-state index contributed by atoms with van der Waals surface area (Å²) in [6, 6.07) is 3.01. The molecule has 1 saturated carbocycles. The van der Waals surface area contributed by atoms with Gasteiger partial charge in [-0.1, -0.05) is 26.2 Å². The first-order chi connectivity index (χ1) is 8.08. The minimum Gasteiger partial charge on any atom is -0.475 e. The van der Waals surface area contributed by atoms with Gasteiger partial charge >= 0.3 is 5.97 Å². The Kier molecular flexibility index (Phi) is 3.24. The summed E-state index contributed by atoms with van der Waals surface area (Å²) < 4.78 is 5.27. The van der Waals surface area contributed by atoms with Gasteiger partial charge in [0.1, 0.15) is 11.4 Å². The molecule has 0 bridgehead atoms. The molecule has 2 atom stereocenters. The molecule has 94 valence electrons. The van der Waals surface area contributed by atoms with Crippen LogP contribution in [0.1, 0.15) is 55.3 Å². The van der Waals surface area contributed by atoms with E-state index in [9.17, 15) is 9.90 Å². The maximum atomic E-state index is 10.8. The van der Waals surface area contributed by atoms with E-state index in [0.717, 1.165) is 25.7 Å². The van der Waals surface area contributed by atoms with Gasteiger partial charge in [0.15, 0.2) is 0 Å². The number of aliphatic hydroxyl groups is 1. The van der Waals surface area contributed by atoms with Crippen LogP contribution in [0.5, 0.6) is 0 Å². The van der Waals surface area contributed by atoms with Crippen molar-refractivity contribution in [1.82, 2.24) is 0 Å².